The SMILES string of the molecule is Cc1ccnn1CCCC(C)(O)CN. The van der Waals surface area contributed by atoms with Crippen LogP contribution in [-0.4, -0.2) is 27.0 Å². The molecule has 14 heavy (non-hydrogen) atoms. The van der Waals surface area contributed by atoms with Crippen LogP contribution in [0.25, 0.3) is 0 Å². The molecule has 1 rings (SSSR count). The van der Waals surface area contributed by atoms with E-state index in [1.54, 1.807) is 13.1 Å². The lowest BCUT2D eigenvalue weighted by atomic mass is 10.0. The number of aliphatic hydroxyl groups is 1. The Hall–Kier alpha value is -0.870. The average molecular weight is 197 g/mol. The van der Waals surface area contributed by atoms with Crippen LogP contribution >= 0.6 is 0 Å². The molecule has 3 N–H and O–H groups in total. The second kappa shape index (κ2) is 4.57. The Bertz CT molecular complexity index is 281. The first-order valence-corrected chi connectivity index (χ1v) is 4.96. The first-order valence-electron chi connectivity index (χ1n) is 4.96. The largest absolute Gasteiger partial charge is 0.389 e. The number of aryl methyl sites for hydroxylation is 2. The zero-order valence-corrected chi connectivity index (χ0v) is 8.90. The number of nitrogens with two attached hydrogens (primary N) is 1. The standard InChI is InChI=1S/C10H19N3O/c1-9-4-6-12-13(9)7-3-5-10(2,14)8-11/h4,6,14H,3,5,7-8,11H2,1-2H3. The summed E-state index contributed by atoms with van der Waals surface area (Å²) in [5.41, 5.74) is 5.84. The lowest BCUT2D eigenvalue weighted by molar-refractivity contribution is 0.0563. The van der Waals surface area contributed by atoms with E-state index in [-0.39, 0.29) is 0 Å². The van der Waals surface area contributed by atoms with E-state index in [1.807, 2.05) is 17.7 Å². The van der Waals surface area contributed by atoms with Gasteiger partial charge in [-0.05, 0) is 32.8 Å². The van der Waals surface area contributed by atoms with Gasteiger partial charge < -0.3 is 10.8 Å². The number of rotatable bonds is 5. The normalized spacial score (nSPS) is 15.4. The Labute approximate surface area is 84.7 Å². The third-order valence-electron chi connectivity index (χ3n) is 2.45. The number of hydrogen-bond acceptors (Lipinski definition) is 3. The van der Waals surface area contributed by atoms with E-state index in [1.165, 1.54) is 0 Å². The van der Waals surface area contributed by atoms with Gasteiger partial charge in [0.15, 0.2) is 0 Å². The molecule has 0 spiro atoms. The first-order chi connectivity index (χ1) is 6.55. The molecule has 0 bridgehead atoms. The van der Waals surface area contributed by atoms with Crippen molar-refractivity contribution in [1.29, 1.82) is 0 Å². The van der Waals surface area contributed by atoms with E-state index >= 15 is 0 Å². The molecule has 4 nitrogen and oxygen atoms in total. The molecule has 0 aliphatic carbocycles. The highest BCUT2D eigenvalue weighted by Crippen LogP contribution is 2.11. The molecule has 0 saturated heterocycles. The summed E-state index contributed by atoms with van der Waals surface area (Å²) < 4.78 is 1.94. The van der Waals surface area contributed by atoms with Crippen LogP contribution in [0.1, 0.15) is 25.5 Å². The molecule has 1 aromatic heterocycles. The third kappa shape index (κ3) is 3.12. The van der Waals surface area contributed by atoms with E-state index in [9.17, 15) is 5.11 Å². The highest BCUT2D eigenvalue weighted by atomic mass is 16.3. The maximum absolute atomic E-state index is 9.67. The summed E-state index contributed by atoms with van der Waals surface area (Å²) in [5.74, 6) is 0. The average Bonchev–Trinajstić information content (AvgIpc) is 2.52. The van der Waals surface area contributed by atoms with Gasteiger partial charge in [0.1, 0.15) is 0 Å². The maximum atomic E-state index is 9.67. The van der Waals surface area contributed by atoms with Crippen LogP contribution in [0.2, 0.25) is 0 Å². The Balaban J connectivity index is 2.32. The van der Waals surface area contributed by atoms with Crippen molar-refractivity contribution < 1.29 is 5.11 Å². The van der Waals surface area contributed by atoms with Crippen LogP contribution in [0.15, 0.2) is 12.3 Å². The van der Waals surface area contributed by atoms with Crippen molar-refractivity contribution in [1.82, 2.24) is 9.78 Å². The smallest absolute Gasteiger partial charge is 0.0742 e. The molecule has 0 saturated carbocycles. The molecular weight excluding hydrogens is 178 g/mol. The van der Waals surface area contributed by atoms with Gasteiger partial charge in [0, 0.05) is 25.0 Å². The van der Waals surface area contributed by atoms with Gasteiger partial charge in [-0.3, -0.25) is 4.68 Å². The van der Waals surface area contributed by atoms with E-state index in [0.29, 0.717) is 13.0 Å². The van der Waals surface area contributed by atoms with Gasteiger partial charge in [-0.15, -0.1) is 0 Å². The predicted molar refractivity (Wildman–Crippen MR) is 55.9 cm³/mol. The molecule has 0 aromatic carbocycles. The Kier molecular flexibility index (Phi) is 3.66. The summed E-state index contributed by atoms with van der Waals surface area (Å²) in [6.45, 7) is 4.94. The summed E-state index contributed by atoms with van der Waals surface area (Å²) in [6.07, 6.45) is 3.39. The highest BCUT2D eigenvalue weighted by Gasteiger charge is 2.16. The summed E-state index contributed by atoms with van der Waals surface area (Å²) in [7, 11) is 0. The minimum atomic E-state index is -0.735. The zero-order chi connectivity index (χ0) is 10.6. The van der Waals surface area contributed by atoms with Crippen LogP contribution in [0, 0.1) is 6.92 Å². The van der Waals surface area contributed by atoms with E-state index in [0.717, 1.165) is 18.7 Å². The van der Waals surface area contributed by atoms with Crippen LogP contribution in [0.4, 0.5) is 0 Å². The second-order valence-corrected chi connectivity index (χ2v) is 4.00. The molecule has 1 unspecified atom stereocenters. The molecule has 4 heteroatoms. The van der Waals surface area contributed by atoms with E-state index in [2.05, 4.69) is 5.10 Å². The van der Waals surface area contributed by atoms with Crippen LogP contribution in [0.3, 0.4) is 0 Å². The minimum Gasteiger partial charge on any atom is -0.389 e. The number of nitrogens with zero attached hydrogens (tertiary/aromatic N) is 2. The molecule has 0 fully saturated rings. The van der Waals surface area contributed by atoms with E-state index < -0.39 is 5.60 Å². The molecule has 0 amide bonds. The molecule has 1 heterocycles. The second-order valence-electron chi connectivity index (χ2n) is 4.00. The van der Waals surface area contributed by atoms with Crippen molar-refractivity contribution in [2.45, 2.75) is 38.8 Å². The van der Waals surface area contributed by atoms with Crippen LogP contribution in [0.5, 0.6) is 0 Å². The molecule has 80 valence electrons. The quantitative estimate of drug-likeness (QED) is 0.729. The fourth-order valence-corrected chi connectivity index (χ4v) is 1.34. The zero-order valence-electron chi connectivity index (χ0n) is 8.90. The maximum Gasteiger partial charge on any atom is 0.0742 e. The summed E-state index contributed by atoms with van der Waals surface area (Å²) in [4.78, 5) is 0. The molecule has 1 aromatic rings. The van der Waals surface area contributed by atoms with Crippen molar-refractivity contribution in [2.75, 3.05) is 6.54 Å². The lowest BCUT2D eigenvalue weighted by Crippen LogP contribution is -2.34. The van der Waals surface area contributed by atoms with E-state index in [4.69, 9.17) is 5.73 Å². The fraction of sp³-hybridized carbons (Fsp3) is 0.700. The van der Waals surface area contributed by atoms with Gasteiger partial charge in [0.05, 0.1) is 5.60 Å². The molecule has 0 aliphatic heterocycles. The highest BCUT2D eigenvalue weighted by molar-refractivity contribution is 4.96. The molecule has 0 radical (unpaired) electrons. The molecule has 0 aliphatic rings. The van der Waals surface area contributed by atoms with Gasteiger partial charge in [-0.1, -0.05) is 0 Å². The summed E-state index contributed by atoms with van der Waals surface area (Å²) in [6, 6.07) is 1.97. The van der Waals surface area contributed by atoms with Gasteiger partial charge in [0.2, 0.25) is 0 Å². The van der Waals surface area contributed by atoms with Gasteiger partial charge >= 0.3 is 0 Å². The topological polar surface area (TPSA) is 64.1 Å². The summed E-state index contributed by atoms with van der Waals surface area (Å²) in [5, 5.41) is 13.8. The third-order valence-corrected chi connectivity index (χ3v) is 2.45. The predicted octanol–water partition coefficient (Wildman–Crippen LogP) is 0.681. The van der Waals surface area contributed by atoms with Crippen molar-refractivity contribution in [3.63, 3.8) is 0 Å². The van der Waals surface area contributed by atoms with Crippen molar-refractivity contribution in [3.8, 4) is 0 Å². The molecule has 1 atom stereocenters. The fourth-order valence-electron chi connectivity index (χ4n) is 1.34. The monoisotopic (exact) mass is 197 g/mol. The van der Waals surface area contributed by atoms with Crippen molar-refractivity contribution >= 4 is 0 Å². The Morgan fingerprint density at radius 3 is 2.86 bits per heavy atom. The summed E-state index contributed by atoms with van der Waals surface area (Å²) >= 11 is 0. The van der Waals surface area contributed by atoms with Crippen molar-refractivity contribution in [2.24, 2.45) is 5.73 Å². The van der Waals surface area contributed by atoms with Crippen LogP contribution < -0.4 is 5.73 Å². The lowest BCUT2D eigenvalue weighted by Gasteiger charge is -2.20. The number of hydrogen-bond donors (Lipinski definition) is 2. The van der Waals surface area contributed by atoms with Crippen LogP contribution in [-0.2, 0) is 6.54 Å². The van der Waals surface area contributed by atoms with Gasteiger partial charge in [-0.2, -0.15) is 5.10 Å². The Morgan fingerprint density at radius 2 is 2.36 bits per heavy atom. The minimum absolute atomic E-state index is 0.311. The molecular formula is C10H19N3O. The van der Waals surface area contributed by atoms with Crippen molar-refractivity contribution in [3.05, 3.63) is 18.0 Å². The van der Waals surface area contributed by atoms with Gasteiger partial charge in [-0.25, -0.2) is 0 Å². The van der Waals surface area contributed by atoms with Gasteiger partial charge in [0.25, 0.3) is 0 Å². The number of aromatic nitrogens is 2. The Morgan fingerprint density at radius 1 is 1.64 bits per heavy atom. The first kappa shape index (κ1) is 11.2.